The summed E-state index contributed by atoms with van der Waals surface area (Å²) in [6.45, 7) is 0.661. The fraction of sp³-hybridized carbons (Fsp3) is 0.364. The number of ether oxygens (including phenoxy) is 1. The third kappa shape index (κ3) is 4.67. The fourth-order valence-corrected chi connectivity index (χ4v) is 1.19. The second-order valence-corrected chi connectivity index (χ2v) is 3.63. The summed E-state index contributed by atoms with van der Waals surface area (Å²) in [7, 11) is 0. The van der Waals surface area contributed by atoms with Crippen molar-refractivity contribution in [2.45, 2.75) is 26.5 Å². The van der Waals surface area contributed by atoms with Gasteiger partial charge in [0.05, 0.1) is 5.69 Å². The van der Waals surface area contributed by atoms with E-state index in [1.54, 1.807) is 26.0 Å². The number of amides is 2. The van der Waals surface area contributed by atoms with Crippen LogP contribution >= 0.6 is 0 Å². The van der Waals surface area contributed by atoms with Crippen LogP contribution in [-0.4, -0.2) is 18.7 Å². The SMILES string of the molecule is CC(C)NC(=O)Nc1ccccc1OC(F)F. The molecular weight excluding hydrogens is 230 g/mol. The first-order valence-corrected chi connectivity index (χ1v) is 5.10. The molecule has 0 aliphatic rings. The molecule has 1 rings (SSSR count). The molecule has 6 heteroatoms. The van der Waals surface area contributed by atoms with Gasteiger partial charge in [-0.15, -0.1) is 0 Å². The maximum absolute atomic E-state index is 12.1. The number of rotatable bonds is 4. The summed E-state index contributed by atoms with van der Waals surface area (Å²) in [6, 6.07) is 5.49. The minimum absolute atomic E-state index is 0.0434. The maximum atomic E-state index is 12.1. The van der Waals surface area contributed by atoms with E-state index in [1.165, 1.54) is 12.1 Å². The normalized spacial score (nSPS) is 10.5. The van der Waals surface area contributed by atoms with Gasteiger partial charge in [0, 0.05) is 6.04 Å². The topological polar surface area (TPSA) is 50.4 Å². The lowest BCUT2D eigenvalue weighted by atomic mass is 10.3. The van der Waals surface area contributed by atoms with E-state index in [2.05, 4.69) is 15.4 Å². The van der Waals surface area contributed by atoms with Gasteiger partial charge in [0.1, 0.15) is 5.75 Å². The summed E-state index contributed by atoms with van der Waals surface area (Å²) in [5.74, 6) is -0.0681. The third-order valence-electron chi connectivity index (χ3n) is 1.77. The Balaban J connectivity index is 2.72. The smallest absolute Gasteiger partial charge is 0.387 e. The van der Waals surface area contributed by atoms with Crippen LogP contribution in [0.1, 0.15) is 13.8 Å². The van der Waals surface area contributed by atoms with Crippen molar-refractivity contribution < 1.29 is 18.3 Å². The zero-order chi connectivity index (χ0) is 12.8. The number of benzene rings is 1. The molecule has 0 fully saturated rings. The highest BCUT2D eigenvalue weighted by Gasteiger charge is 2.11. The number of anilines is 1. The van der Waals surface area contributed by atoms with Gasteiger partial charge in [0.25, 0.3) is 0 Å². The Hall–Kier alpha value is -1.85. The molecular formula is C11H14F2N2O2. The Bertz CT molecular complexity index is 383. The number of hydrogen-bond acceptors (Lipinski definition) is 2. The van der Waals surface area contributed by atoms with E-state index in [4.69, 9.17) is 0 Å². The Morgan fingerprint density at radius 1 is 1.29 bits per heavy atom. The van der Waals surface area contributed by atoms with Gasteiger partial charge in [0.15, 0.2) is 0 Å². The number of urea groups is 1. The second-order valence-electron chi connectivity index (χ2n) is 3.63. The van der Waals surface area contributed by atoms with E-state index in [0.717, 1.165) is 0 Å². The number of nitrogens with one attached hydrogen (secondary N) is 2. The number of alkyl halides is 2. The van der Waals surface area contributed by atoms with Crippen LogP contribution in [-0.2, 0) is 0 Å². The average molecular weight is 244 g/mol. The Labute approximate surface area is 98.0 Å². The van der Waals surface area contributed by atoms with Crippen molar-refractivity contribution in [1.29, 1.82) is 0 Å². The minimum atomic E-state index is -2.92. The van der Waals surface area contributed by atoms with Crippen molar-refractivity contribution in [3.63, 3.8) is 0 Å². The van der Waals surface area contributed by atoms with Gasteiger partial charge >= 0.3 is 12.6 Å². The van der Waals surface area contributed by atoms with E-state index in [9.17, 15) is 13.6 Å². The number of carbonyl (C=O) groups is 1. The molecule has 0 aliphatic carbocycles. The Morgan fingerprint density at radius 2 is 1.94 bits per heavy atom. The Kier molecular flexibility index (Phi) is 4.68. The first-order chi connectivity index (χ1) is 7.99. The first-order valence-electron chi connectivity index (χ1n) is 5.10. The molecule has 0 atom stereocenters. The van der Waals surface area contributed by atoms with Crippen molar-refractivity contribution in [3.05, 3.63) is 24.3 Å². The van der Waals surface area contributed by atoms with Crippen molar-refractivity contribution in [2.75, 3.05) is 5.32 Å². The van der Waals surface area contributed by atoms with E-state index in [-0.39, 0.29) is 17.5 Å². The van der Waals surface area contributed by atoms with Gasteiger partial charge in [-0.05, 0) is 26.0 Å². The van der Waals surface area contributed by atoms with Crippen LogP contribution in [0.3, 0.4) is 0 Å². The van der Waals surface area contributed by atoms with Crippen molar-refractivity contribution >= 4 is 11.7 Å². The monoisotopic (exact) mass is 244 g/mol. The van der Waals surface area contributed by atoms with Crippen LogP contribution in [0.15, 0.2) is 24.3 Å². The van der Waals surface area contributed by atoms with E-state index < -0.39 is 12.6 Å². The summed E-state index contributed by atoms with van der Waals surface area (Å²) >= 11 is 0. The highest BCUT2D eigenvalue weighted by Crippen LogP contribution is 2.25. The molecule has 0 bridgehead atoms. The molecule has 17 heavy (non-hydrogen) atoms. The first kappa shape index (κ1) is 13.2. The van der Waals surface area contributed by atoms with Gasteiger partial charge < -0.3 is 15.4 Å². The third-order valence-corrected chi connectivity index (χ3v) is 1.77. The van der Waals surface area contributed by atoms with Gasteiger partial charge in [-0.2, -0.15) is 8.78 Å². The van der Waals surface area contributed by atoms with Crippen LogP contribution in [0.5, 0.6) is 5.75 Å². The summed E-state index contributed by atoms with van der Waals surface area (Å²) in [4.78, 5) is 11.4. The van der Waals surface area contributed by atoms with Gasteiger partial charge in [0.2, 0.25) is 0 Å². The molecule has 94 valence electrons. The van der Waals surface area contributed by atoms with Crippen LogP contribution < -0.4 is 15.4 Å². The molecule has 1 aromatic rings. The highest BCUT2D eigenvalue weighted by molar-refractivity contribution is 5.91. The van der Waals surface area contributed by atoms with E-state index >= 15 is 0 Å². The molecule has 2 N–H and O–H groups in total. The number of halogens is 2. The maximum Gasteiger partial charge on any atom is 0.387 e. The highest BCUT2D eigenvalue weighted by atomic mass is 19.3. The van der Waals surface area contributed by atoms with E-state index in [0.29, 0.717) is 0 Å². The molecule has 0 aromatic heterocycles. The lowest BCUT2D eigenvalue weighted by Crippen LogP contribution is -2.34. The standard InChI is InChI=1S/C11H14F2N2O2/c1-7(2)14-11(16)15-8-5-3-4-6-9(8)17-10(12)13/h3-7,10H,1-2H3,(H2,14,15,16). The number of carbonyl (C=O) groups excluding carboxylic acids is 1. The van der Waals surface area contributed by atoms with Crippen molar-refractivity contribution in [3.8, 4) is 5.75 Å². The zero-order valence-corrected chi connectivity index (χ0v) is 9.54. The zero-order valence-electron chi connectivity index (χ0n) is 9.54. The number of hydrogen-bond donors (Lipinski definition) is 2. The van der Waals surface area contributed by atoms with Crippen LogP contribution in [0.2, 0.25) is 0 Å². The summed E-state index contributed by atoms with van der Waals surface area (Å²) in [5.41, 5.74) is 0.200. The van der Waals surface area contributed by atoms with Crippen LogP contribution in [0.4, 0.5) is 19.3 Å². The predicted octanol–water partition coefficient (Wildman–Crippen LogP) is 2.82. The molecule has 0 saturated carbocycles. The molecule has 0 aliphatic heterocycles. The molecule has 0 radical (unpaired) electrons. The molecule has 0 saturated heterocycles. The summed E-state index contributed by atoms with van der Waals surface area (Å²) < 4.78 is 28.5. The molecule has 2 amide bonds. The van der Waals surface area contributed by atoms with Crippen molar-refractivity contribution in [2.24, 2.45) is 0 Å². The number of para-hydroxylation sites is 2. The lowest BCUT2D eigenvalue weighted by Gasteiger charge is -2.13. The molecule has 4 nitrogen and oxygen atoms in total. The average Bonchev–Trinajstić information content (AvgIpc) is 2.18. The van der Waals surface area contributed by atoms with E-state index in [1.807, 2.05) is 0 Å². The Morgan fingerprint density at radius 3 is 2.53 bits per heavy atom. The molecule has 1 aromatic carbocycles. The van der Waals surface area contributed by atoms with Crippen LogP contribution in [0, 0.1) is 0 Å². The van der Waals surface area contributed by atoms with Crippen molar-refractivity contribution in [1.82, 2.24) is 5.32 Å². The quantitative estimate of drug-likeness (QED) is 0.855. The van der Waals surface area contributed by atoms with Crippen LogP contribution in [0.25, 0.3) is 0 Å². The predicted molar refractivity (Wildman–Crippen MR) is 60.4 cm³/mol. The van der Waals surface area contributed by atoms with Gasteiger partial charge in [-0.25, -0.2) is 4.79 Å². The largest absolute Gasteiger partial charge is 0.433 e. The molecule has 0 spiro atoms. The fourth-order valence-electron chi connectivity index (χ4n) is 1.19. The molecule has 0 heterocycles. The lowest BCUT2D eigenvalue weighted by molar-refractivity contribution is -0.0493. The summed E-state index contributed by atoms with van der Waals surface area (Å²) in [6.07, 6.45) is 0. The van der Waals surface area contributed by atoms with Gasteiger partial charge in [-0.3, -0.25) is 0 Å². The minimum Gasteiger partial charge on any atom is -0.433 e. The molecule has 0 unspecified atom stereocenters. The summed E-state index contributed by atoms with van der Waals surface area (Å²) in [5, 5.41) is 5.02. The second kappa shape index (κ2) is 6.03. The van der Waals surface area contributed by atoms with Gasteiger partial charge in [-0.1, -0.05) is 12.1 Å².